The maximum Gasteiger partial charge on any atom is 0.0577 e. The summed E-state index contributed by atoms with van der Waals surface area (Å²) in [7, 11) is 0. The van der Waals surface area contributed by atoms with Crippen LogP contribution in [0.5, 0.6) is 0 Å². The first-order chi connectivity index (χ1) is 8.09. The van der Waals surface area contributed by atoms with Gasteiger partial charge in [0.05, 0.1) is 5.02 Å². The van der Waals surface area contributed by atoms with Gasteiger partial charge < -0.3 is 5.32 Å². The van der Waals surface area contributed by atoms with Crippen LogP contribution in [0.15, 0.2) is 18.2 Å². The van der Waals surface area contributed by atoms with E-state index in [0.717, 1.165) is 31.5 Å². The maximum absolute atomic E-state index is 6.09. The summed E-state index contributed by atoms with van der Waals surface area (Å²) in [5, 5.41) is 4.62. The Morgan fingerprint density at radius 2 is 1.94 bits per heavy atom. The predicted molar refractivity (Wildman–Crippen MR) is 73.6 cm³/mol. The molecular weight excluding hydrogens is 253 g/mol. The Balaban J connectivity index is 2.20. The number of nitrogens with one attached hydrogen (secondary N) is 1. The molecule has 1 saturated heterocycles. The van der Waals surface area contributed by atoms with E-state index >= 15 is 0 Å². The highest BCUT2D eigenvalue weighted by Crippen LogP contribution is 2.27. The standard InChI is InChI=1S/C14H15Cl2N/c1-14(6-8-17-9-7-14)5-4-11-2-3-12(15)10-13(11)16/h2-3,10,17H,6-9H2,1H3. The lowest BCUT2D eigenvalue weighted by Gasteiger charge is -2.28. The normalized spacial score (nSPS) is 18.3. The van der Waals surface area contributed by atoms with E-state index in [9.17, 15) is 0 Å². The minimum Gasteiger partial charge on any atom is -0.317 e. The van der Waals surface area contributed by atoms with E-state index in [2.05, 4.69) is 24.1 Å². The SMILES string of the molecule is CC1(C#Cc2ccc(Cl)cc2Cl)CCNCC1. The quantitative estimate of drug-likeness (QED) is 0.707. The van der Waals surface area contributed by atoms with Crippen LogP contribution in [-0.2, 0) is 0 Å². The minimum absolute atomic E-state index is 0.105. The number of hydrogen-bond acceptors (Lipinski definition) is 1. The Bertz CT molecular complexity index is 465. The van der Waals surface area contributed by atoms with Crippen molar-refractivity contribution in [1.82, 2.24) is 5.32 Å². The van der Waals surface area contributed by atoms with Gasteiger partial charge in [-0.05, 0) is 51.1 Å². The van der Waals surface area contributed by atoms with Crippen LogP contribution in [0.25, 0.3) is 0 Å². The van der Waals surface area contributed by atoms with Gasteiger partial charge in [-0.2, -0.15) is 0 Å². The van der Waals surface area contributed by atoms with Crippen LogP contribution in [-0.4, -0.2) is 13.1 Å². The zero-order valence-electron chi connectivity index (χ0n) is 9.82. The molecule has 1 aliphatic rings. The third kappa shape index (κ3) is 3.39. The van der Waals surface area contributed by atoms with Gasteiger partial charge in [-0.1, -0.05) is 35.0 Å². The van der Waals surface area contributed by atoms with Gasteiger partial charge in [-0.25, -0.2) is 0 Å². The number of piperidine rings is 1. The second-order valence-corrected chi connectivity index (χ2v) is 5.53. The van der Waals surface area contributed by atoms with Gasteiger partial charge >= 0.3 is 0 Å². The van der Waals surface area contributed by atoms with E-state index in [1.807, 2.05) is 12.1 Å². The van der Waals surface area contributed by atoms with Crippen LogP contribution in [0.4, 0.5) is 0 Å². The average molecular weight is 268 g/mol. The first-order valence-corrected chi connectivity index (χ1v) is 6.54. The molecule has 90 valence electrons. The van der Waals surface area contributed by atoms with Crippen LogP contribution in [0.2, 0.25) is 10.0 Å². The predicted octanol–water partition coefficient (Wildman–Crippen LogP) is 3.73. The number of halogens is 2. The first-order valence-electron chi connectivity index (χ1n) is 5.78. The summed E-state index contributed by atoms with van der Waals surface area (Å²) in [6, 6.07) is 5.43. The Morgan fingerprint density at radius 1 is 1.24 bits per heavy atom. The van der Waals surface area contributed by atoms with Gasteiger partial charge in [0.25, 0.3) is 0 Å². The molecule has 3 heteroatoms. The molecule has 0 spiro atoms. The summed E-state index contributed by atoms with van der Waals surface area (Å²) in [5.74, 6) is 6.54. The molecule has 0 unspecified atom stereocenters. The first kappa shape index (κ1) is 12.8. The van der Waals surface area contributed by atoms with Gasteiger partial charge in [0.1, 0.15) is 0 Å². The number of hydrogen-bond donors (Lipinski definition) is 1. The van der Waals surface area contributed by atoms with Gasteiger partial charge in [-0.3, -0.25) is 0 Å². The summed E-state index contributed by atoms with van der Waals surface area (Å²) in [4.78, 5) is 0. The van der Waals surface area contributed by atoms with E-state index < -0.39 is 0 Å². The summed E-state index contributed by atoms with van der Waals surface area (Å²) < 4.78 is 0. The third-order valence-electron chi connectivity index (χ3n) is 3.14. The number of rotatable bonds is 0. The molecule has 2 rings (SSSR count). The molecule has 1 nitrogen and oxygen atoms in total. The van der Waals surface area contributed by atoms with Gasteiger partial charge in [-0.15, -0.1) is 0 Å². The zero-order chi connectivity index (χ0) is 12.3. The highest BCUT2D eigenvalue weighted by atomic mass is 35.5. The molecule has 0 saturated carbocycles. The lowest BCUT2D eigenvalue weighted by atomic mass is 9.81. The van der Waals surface area contributed by atoms with Crippen LogP contribution in [0, 0.1) is 17.3 Å². The van der Waals surface area contributed by atoms with Crippen LogP contribution in [0.1, 0.15) is 25.3 Å². The van der Waals surface area contributed by atoms with Crippen molar-refractivity contribution in [1.29, 1.82) is 0 Å². The molecule has 1 aliphatic heterocycles. The lowest BCUT2D eigenvalue weighted by molar-refractivity contribution is 0.315. The topological polar surface area (TPSA) is 12.0 Å². The fourth-order valence-corrected chi connectivity index (χ4v) is 2.37. The van der Waals surface area contributed by atoms with Crippen molar-refractivity contribution in [3.63, 3.8) is 0 Å². The van der Waals surface area contributed by atoms with E-state index in [0.29, 0.717) is 10.0 Å². The van der Waals surface area contributed by atoms with Crippen molar-refractivity contribution in [2.75, 3.05) is 13.1 Å². The Hall–Kier alpha value is -0.680. The van der Waals surface area contributed by atoms with Crippen LogP contribution in [0.3, 0.4) is 0 Å². The second kappa shape index (κ2) is 5.31. The monoisotopic (exact) mass is 267 g/mol. The average Bonchev–Trinajstić information content (AvgIpc) is 2.29. The summed E-state index contributed by atoms with van der Waals surface area (Å²) in [6.07, 6.45) is 2.18. The van der Waals surface area contributed by atoms with Gasteiger partial charge in [0.2, 0.25) is 0 Å². The smallest absolute Gasteiger partial charge is 0.0577 e. The summed E-state index contributed by atoms with van der Waals surface area (Å²) >= 11 is 11.9. The molecule has 1 N–H and O–H groups in total. The molecule has 0 aromatic heterocycles. The summed E-state index contributed by atoms with van der Waals surface area (Å²) in [6.45, 7) is 4.30. The molecule has 0 radical (unpaired) electrons. The zero-order valence-corrected chi connectivity index (χ0v) is 11.3. The Labute approximate surface area is 113 Å². The minimum atomic E-state index is 0.105. The number of benzene rings is 1. The Kier molecular flexibility index (Phi) is 3.99. The molecule has 1 aromatic carbocycles. The molecule has 1 aromatic rings. The molecule has 17 heavy (non-hydrogen) atoms. The highest BCUT2D eigenvalue weighted by molar-refractivity contribution is 6.35. The van der Waals surface area contributed by atoms with Crippen molar-refractivity contribution in [3.05, 3.63) is 33.8 Å². The highest BCUT2D eigenvalue weighted by Gasteiger charge is 2.23. The fraction of sp³-hybridized carbons (Fsp3) is 0.429. The molecule has 0 aliphatic carbocycles. The largest absolute Gasteiger partial charge is 0.317 e. The van der Waals surface area contributed by atoms with Crippen LogP contribution < -0.4 is 5.32 Å². The van der Waals surface area contributed by atoms with E-state index in [-0.39, 0.29) is 5.41 Å². The molecule has 0 amide bonds. The van der Waals surface area contributed by atoms with Crippen molar-refractivity contribution in [2.45, 2.75) is 19.8 Å². The van der Waals surface area contributed by atoms with Crippen LogP contribution >= 0.6 is 23.2 Å². The lowest BCUT2D eigenvalue weighted by Crippen LogP contribution is -2.33. The second-order valence-electron chi connectivity index (χ2n) is 4.68. The van der Waals surface area contributed by atoms with Crippen molar-refractivity contribution in [3.8, 4) is 11.8 Å². The maximum atomic E-state index is 6.09. The van der Waals surface area contributed by atoms with Crippen molar-refractivity contribution in [2.24, 2.45) is 5.41 Å². The summed E-state index contributed by atoms with van der Waals surface area (Å²) in [5.41, 5.74) is 0.963. The fourth-order valence-electron chi connectivity index (χ4n) is 1.91. The molecule has 0 atom stereocenters. The van der Waals surface area contributed by atoms with Gasteiger partial charge in [0, 0.05) is 16.0 Å². The molecule has 1 fully saturated rings. The van der Waals surface area contributed by atoms with Crippen molar-refractivity contribution >= 4 is 23.2 Å². The van der Waals surface area contributed by atoms with Crippen molar-refractivity contribution < 1.29 is 0 Å². The molecular formula is C14H15Cl2N. The van der Waals surface area contributed by atoms with E-state index in [4.69, 9.17) is 23.2 Å². The van der Waals surface area contributed by atoms with E-state index in [1.54, 1.807) is 6.07 Å². The van der Waals surface area contributed by atoms with Gasteiger partial charge in [0.15, 0.2) is 0 Å². The molecule has 1 heterocycles. The molecule has 0 bridgehead atoms. The van der Waals surface area contributed by atoms with E-state index in [1.165, 1.54) is 0 Å². The third-order valence-corrected chi connectivity index (χ3v) is 3.68. The Morgan fingerprint density at radius 3 is 2.59 bits per heavy atom.